The predicted octanol–water partition coefficient (Wildman–Crippen LogP) is 2.88. The molecule has 0 saturated heterocycles. The van der Waals surface area contributed by atoms with Crippen LogP contribution in [-0.4, -0.2) is 38.1 Å². The van der Waals surface area contributed by atoms with Gasteiger partial charge < -0.3 is 5.32 Å². The summed E-state index contributed by atoms with van der Waals surface area (Å²) in [5.41, 5.74) is 0.898. The summed E-state index contributed by atoms with van der Waals surface area (Å²) in [5.74, 6) is 0.184. The Bertz CT molecular complexity index is 532. The Labute approximate surface area is 133 Å². The van der Waals surface area contributed by atoms with Crippen LogP contribution in [0.15, 0.2) is 24.3 Å². The van der Waals surface area contributed by atoms with Crippen molar-refractivity contribution in [3.8, 4) is 0 Å². The summed E-state index contributed by atoms with van der Waals surface area (Å²) in [6, 6.07) is 7.72. The molecule has 4 nitrogen and oxygen atoms in total. The van der Waals surface area contributed by atoms with Crippen molar-refractivity contribution in [1.29, 1.82) is 0 Å². The standard InChI is InChI=1S/C15H25ClN2O2S/c1-13(2)17-9-4-5-10-21(19,20)18(3)12-14-7-6-8-15(16)11-14/h6-8,11,13,17H,4-5,9-10,12H2,1-3H3. The van der Waals surface area contributed by atoms with E-state index in [-0.39, 0.29) is 5.75 Å². The van der Waals surface area contributed by atoms with Crippen molar-refractivity contribution in [2.75, 3.05) is 19.3 Å². The number of nitrogens with zero attached hydrogens (tertiary/aromatic N) is 1. The van der Waals surface area contributed by atoms with E-state index in [9.17, 15) is 8.42 Å². The number of benzene rings is 1. The summed E-state index contributed by atoms with van der Waals surface area (Å²) >= 11 is 5.91. The number of nitrogens with one attached hydrogen (secondary N) is 1. The molecule has 1 aromatic rings. The van der Waals surface area contributed by atoms with E-state index < -0.39 is 10.0 Å². The molecule has 0 heterocycles. The van der Waals surface area contributed by atoms with Gasteiger partial charge in [-0.15, -0.1) is 0 Å². The molecule has 0 aromatic heterocycles. The van der Waals surface area contributed by atoms with Gasteiger partial charge in [0.25, 0.3) is 0 Å². The Hall–Kier alpha value is -0.620. The first-order valence-corrected chi connectivity index (χ1v) is 9.22. The molecule has 1 N–H and O–H groups in total. The molecule has 0 unspecified atom stereocenters. The van der Waals surface area contributed by atoms with Crippen molar-refractivity contribution in [2.45, 2.75) is 39.3 Å². The van der Waals surface area contributed by atoms with E-state index in [1.807, 2.05) is 12.1 Å². The third-order valence-corrected chi connectivity index (χ3v) is 5.27. The Kier molecular flexibility index (Phi) is 7.66. The van der Waals surface area contributed by atoms with Crippen LogP contribution in [-0.2, 0) is 16.6 Å². The molecule has 120 valence electrons. The second-order valence-electron chi connectivity index (χ2n) is 5.52. The van der Waals surface area contributed by atoms with Gasteiger partial charge in [0.2, 0.25) is 10.0 Å². The van der Waals surface area contributed by atoms with Crippen LogP contribution in [0.25, 0.3) is 0 Å². The lowest BCUT2D eigenvalue weighted by Gasteiger charge is -2.17. The molecular formula is C15H25ClN2O2S. The predicted molar refractivity (Wildman–Crippen MR) is 89.1 cm³/mol. The molecule has 0 bridgehead atoms. The topological polar surface area (TPSA) is 49.4 Å². The van der Waals surface area contributed by atoms with Crippen molar-refractivity contribution >= 4 is 21.6 Å². The van der Waals surface area contributed by atoms with E-state index in [1.54, 1.807) is 19.2 Å². The highest BCUT2D eigenvalue weighted by Gasteiger charge is 2.17. The highest BCUT2D eigenvalue weighted by atomic mass is 35.5. The summed E-state index contributed by atoms with van der Waals surface area (Å²) in [4.78, 5) is 0. The van der Waals surface area contributed by atoms with Gasteiger partial charge in [0.05, 0.1) is 5.75 Å². The lowest BCUT2D eigenvalue weighted by Crippen LogP contribution is -2.29. The van der Waals surface area contributed by atoms with Crippen molar-refractivity contribution in [3.05, 3.63) is 34.9 Å². The minimum atomic E-state index is -3.21. The van der Waals surface area contributed by atoms with Gasteiger partial charge in [0, 0.05) is 24.7 Å². The van der Waals surface area contributed by atoms with Gasteiger partial charge in [0.15, 0.2) is 0 Å². The lowest BCUT2D eigenvalue weighted by atomic mass is 10.2. The number of hydrogen-bond donors (Lipinski definition) is 1. The number of unbranched alkanes of at least 4 members (excludes halogenated alkanes) is 1. The van der Waals surface area contributed by atoms with E-state index in [4.69, 9.17) is 11.6 Å². The molecule has 21 heavy (non-hydrogen) atoms. The summed E-state index contributed by atoms with van der Waals surface area (Å²) in [5, 5.41) is 3.91. The first-order chi connectivity index (χ1) is 9.81. The molecule has 0 amide bonds. The van der Waals surface area contributed by atoms with Gasteiger partial charge in [-0.2, -0.15) is 0 Å². The van der Waals surface area contributed by atoms with Crippen LogP contribution < -0.4 is 5.32 Å². The fourth-order valence-corrected chi connectivity index (χ4v) is 3.39. The smallest absolute Gasteiger partial charge is 0.214 e. The number of hydrogen-bond acceptors (Lipinski definition) is 3. The Morgan fingerprint density at radius 2 is 2.00 bits per heavy atom. The van der Waals surface area contributed by atoms with Crippen molar-refractivity contribution in [1.82, 2.24) is 9.62 Å². The highest BCUT2D eigenvalue weighted by Crippen LogP contribution is 2.14. The molecule has 1 aromatic carbocycles. The van der Waals surface area contributed by atoms with Crippen LogP contribution >= 0.6 is 11.6 Å². The van der Waals surface area contributed by atoms with Gasteiger partial charge in [-0.05, 0) is 37.1 Å². The van der Waals surface area contributed by atoms with Crippen molar-refractivity contribution in [2.24, 2.45) is 0 Å². The minimum Gasteiger partial charge on any atom is -0.315 e. The zero-order chi connectivity index (χ0) is 15.9. The first-order valence-electron chi connectivity index (χ1n) is 7.23. The van der Waals surface area contributed by atoms with Crippen LogP contribution in [0.2, 0.25) is 5.02 Å². The maximum Gasteiger partial charge on any atom is 0.214 e. The molecule has 0 spiro atoms. The van der Waals surface area contributed by atoms with Gasteiger partial charge in [0.1, 0.15) is 0 Å². The molecule has 0 atom stereocenters. The summed E-state index contributed by atoms with van der Waals surface area (Å²) in [6.07, 6.45) is 1.53. The average molecular weight is 333 g/mol. The highest BCUT2D eigenvalue weighted by molar-refractivity contribution is 7.89. The second-order valence-corrected chi connectivity index (χ2v) is 8.15. The van der Waals surface area contributed by atoms with Gasteiger partial charge in [-0.25, -0.2) is 12.7 Å². The number of halogens is 1. The monoisotopic (exact) mass is 332 g/mol. The third-order valence-electron chi connectivity index (χ3n) is 3.15. The second kappa shape index (κ2) is 8.73. The van der Waals surface area contributed by atoms with Crippen LogP contribution in [0.5, 0.6) is 0 Å². The normalized spacial score (nSPS) is 12.3. The molecule has 0 aliphatic heterocycles. The SMILES string of the molecule is CC(C)NCCCCS(=O)(=O)N(C)Cc1cccc(Cl)c1. The van der Waals surface area contributed by atoms with Crippen molar-refractivity contribution < 1.29 is 8.42 Å². The third kappa shape index (κ3) is 7.27. The molecule has 0 radical (unpaired) electrons. The molecule has 0 aliphatic carbocycles. The number of rotatable bonds is 9. The molecular weight excluding hydrogens is 308 g/mol. The van der Waals surface area contributed by atoms with Gasteiger partial charge in [-0.3, -0.25) is 0 Å². The Morgan fingerprint density at radius 1 is 1.29 bits per heavy atom. The quantitative estimate of drug-likeness (QED) is 0.707. The number of sulfonamides is 1. The van der Waals surface area contributed by atoms with E-state index in [0.29, 0.717) is 24.0 Å². The van der Waals surface area contributed by atoms with Gasteiger partial charge >= 0.3 is 0 Å². The van der Waals surface area contributed by atoms with E-state index in [2.05, 4.69) is 19.2 Å². The Morgan fingerprint density at radius 3 is 2.62 bits per heavy atom. The van der Waals surface area contributed by atoms with E-state index in [1.165, 1.54) is 4.31 Å². The lowest BCUT2D eigenvalue weighted by molar-refractivity contribution is 0.463. The summed E-state index contributed by atoms with van der Waals surface area (Å²) in [7, 11) is -1.60. The van der Waals surface area contributed by atoms with E-state index in [0.717, 1.165) is 18.5 Å². The fourth-order valence-electron chi connectivity index (χ4n) is 1.95. The molecule has 0 fully saturated rings. The van der Waals surface area contributed by atoms with Crippen LogP contribution in [0, 0.1) is 0 Å². The molecule has 0 aliphatic rings. The minimum absolute atomic E-state index is 0.184. The zero-order valence-electron chi connectivity index (χ0n) is 13.0. The average Bonchev–Trinajstić information content (AvgIpc) is 2.37. The fraction of sp³-hybridized carbons (Fsp3) is 0.600. The largest absolute Gasteiger partial charge is 0.315 e. The van der Waals surface area contributed by atoms with Crippen molar-refractivity contribution in [3.63, 3.8) is 0 Å². The Balaban J connectivity index is 2.42. The molecule has 1 rings (SSSR count). The molecule has 6 heteroatoms. The maximum absolute atomic E-state index is 12.2. The zero-order valence-corrected chi connectivity index (χ0v) is 14.5. The summed E-state index contributed by atoms with van der Waals surface area (Å²) < 4.78 is 25.8. The van der Waals surface area contributed by atoms with E-state index >= 15 is 0 Å². The summed E-state index contributed by atoms with van der Waals surface area (Å²) in [6.45, 7) is 5.36. The van der Waals surface area contributed by atoms with Gasteiger partial charge in [-0.1, -0.05) is 37.6 Å². The van der Waals surface area contributed by atoms with Crippen LogP contribution in [0.4, 0.5) is 0 Å². The van der Waals surface area contributed by atoms with Crippen LogP contribution in [0.3, 0.4) is 0 Å². The first kappa shape index (κ1) is 18.4. The maximum atomic E-state index is 12.2. The molecule has 0 saturated carbocycles. The van der Waals surface area contributed by atoms with Crippen LogP contribution in [0.1, 0.15) is 32.3 Å².